The summed E-state index contributed by atoms with van der Waals surface area (Å²) in [5.41, 5.74) is 1.11. The summed E-state index contributed by atoms with van der Waals surface area (Å²) >= 11 is 0. The van der Waals surface area contributed by atoms with Crippen LogP contribution in [0.4, 0.5) is 5.82 Å². The zero-order valence-electron chi connectivity index (χ0n) is 14.6. The van der Waals surface area contributed by atoms with Gasteiger partial charge in [-0.15, -0.1) is 0 Å². The number of nitrogens with zero attached hydrogens (tertiary/aromatic N) is 6. The van der Waals surface area contributed by atoms with E-state index in [1.807, 2.05) is 0 Å². The van der Waals surface area contributed by atoms with Crippen molar-refractivity contribution in [1.29, 1.82) is 0 Å². The molecule has 140 valence electrons. The Hall–Kier alpha value is -4.15. The Morgan fingerprint density at radius 3 is 2.86 bits per heavy atom. The molecule has 4 rings (SSSR count). The zero-order chi connectivity index (χ0) is 19.5. The number of amides is 1. The molecule has 11 heteroatoms. The van der Waals surface area contributed by atoms with Crippen molar-refractivity contribution in [2.45, 2.75) is 13.0 Å². The van der Waals surface area contributed by atoms with Gasteiger partial charge in [0.15, 0.2) is 23.4 Å². The second kappa shape index (κ2) is 7.23. The summed E-state index contributed by atoms with van der Waals surface area (Å²) < 4.78 is 6.77. The molecule has 0 saturated heterocycles. The molecule has 4 aromatic rings. The molecule has 28 heavy (non-hydrogen) atoms. The molecular formula is C17H14N8O3. The van der Waals surface area contributed by atoms with Crippen molar-refractivity contribution >= 4 is 28.9 Å². The molecule has 0 bridgehead atoms. The second-order valence-corrected chi connectivity index (χ2v) is 5.72. The van der Waals surface area contributed by atoms with E-state index in [0.29, 0.717) is 17.0 Å². The van der Waals surface area contributed by atoms with Gasteiger partial charge in [-0.2, -0.15) is 5.10 Å². The van der Waals surface area contributed by atoms with Gasteiger partial charge < -0.3 is 15.0 Å². The van der Waals surface area contributed by atoms with E-state index >= 15 is 0 Å². The lowest BCUT2D eigenvalue weighted by atomic mass is 10.3. The summed E-state index contributed by atoms with van der Waals surface area (Å²) in [7, 11) is 0. The lowest BCUT2D eigenvalue weighted by molar-refractivity contribution is -0.123. The topological polar surface area (TPSA) is 141 Å². The van der Waals surface area contributed by atoms with Crippen LogP contribution in [-0.4, -0.2) is 52.7 Å². The zero-order valence-corrected chi connectivity index (χ0v) is 14.6. The maximum absolute atomic E-state index is 12.3. The number of pyridine rings is 1. The van der Waals surface area contributed by atoms with E-state index in [1.54, 1.807) is 35.3 Å². The quantitative estimate of drug-likeness (QED) is 0.492. The predicted molar refractivity (Wildman–Crippen MR) is 96.5 cm³/mol. The van der Waals surface area contributed by atoms with Crippen LogP contribution in [0.25, 0.3) is 17.0 Å². The van der Waals surface area contributed by atoms with E-state index in [-0.39, 0.29) is 11.4 Å². The fourth-order valence-electron chi connectivity index (χ4n) is 2.41. The molecular weight excluding hydrogens is 364 g/mol. The van der Waals surface area contributed by atoms with Gasteiger partial charge in [0.1, 0.15) is 11.8 Å². The number of carbonyl (C=O) groups is 2. The van der Waals surface area contributed by atoms with Crippen LogP contribution in [0.3, 0.4) is 0 Å². The number of ether oxygens (including phenoxy) is 1. The molecule has 0 aliphatic carbocycles. The van der Waals surface area contributed by atoms with Crippen LogP contribution in [0, 0.1) is 0 Å². The summed E-state index contributed by atoms with van der Waals surface area (Å²) in [5.74, 6) is -0.402. The number of aromatic nitrogens is 7. The number of H-pyrrole nitrogens is 1. The largest absolute Gasteiger partial charge is 0.449 e. The van der Waals surface area contributed by atoms with Crippen LogP contribution < -0.4 is 5.32 Å². The Balaban J connectivity index is 1.41. The molecule has 11 nitrogen and oxygen atoms in total. The number of rotatable bonds is 5. The Labute approximate surface area is 157 Å². The molecule has 0 aliphatic heterocycles. The number of esters is 1. The normalized spacial score (nSPS) is 11.9. The van der Waals surface area contributed by atoms with Crippen molar-refractivity contribution in [3.63, 3.8) is 0 Å². The molecule has 0 fully saturated rings. The Bertz CT molecular complexity index is 1120. The van der Waals surface area contributed by atoms with Gasteiger partial charge in [0.05, 0.1) is 11.9 Å². The van der Waals surface area contributed by atoms with E-state index in [2.05, 4.69) is 35.3 Å². The number of hydrogen-bond acceptors (Lipinski definition) is 8. The lowest BCUT2D eigenvalue weighted by Crippen LogP contribution is -2.30. The third-order valence-electron chi connectivity index (χ3n) is 3.84. The summed E-state index contributed by atoms with van der Waals surface area (Å²) in [6, 6.07) is 4.94. The van der Waals surface area contributed by atoms with E-state index < -0.39 is 18.0 Å². The molecule has 4 heterocycles. The molecule has 0 saturated carbocycles. The molecule has 0 aromatic carbocycles. The van der Waals surface area contributed by atoms with Crippen LogP contribution in [0.1, 0.15) is 17.3 Å². The maximum Gasteiger partial charge on any atom is 0.340 e. The number of fused-ring (bicyclic) bond motifs is 1. The van der Waals surface area contributed by atoms with Crippen LogP contribution >= 0.6 is 0 Å². The highest BCUT2D eigenvalue weighted by molar-refractivity contribution is 6.00. The number of hydrogen-bond donors (Lipinski definition) is 2. The highest BCUT2D eigenvalue weighted by atomic mass is 16.5. The SMILES string of the molecule is CC(OC(=O)c1ccc(-n2cccn2)nc1)C(=O)Nc1ncnc2nc[nH]c12. The van der Waals surface area contributed by atoms with Crippen LogP contribution in [0.2, 0.25) is 0 Å². The summed E-state index contributed by atoms with van der Waals surface area (Å²) in [5, 5.41) is 6.65. The Kier molecular flexibility index (Phi) is 4.46. The number of anilines is 1. The molecule has 1 atom stereocenters. The van der Waals surface area contributed by atoms with Gasteiger partial charge in [0.2, 0.25) is 0 Å². The highest BCUT2D eigenvalue weighted by Crippen LogP contribution is 2.15. The first-order valence-corrected chi connectivity index (χ1v) is 8.24. The minimum absolute atomic E-state index is 0.216. The Morgan fingerprint density at radius 2 is 2.11 bits per heavy atom. The van der Waals surface area contributed by atoms with Crippen molar-refractivity contribution in [3.05, 3.63) is 55.0 Å². The summed E-state index contributed by atoms with van der Waals surface area (Å²) in [6.07, 6.45) is 6.39. The molecule has 1 amide bonds. The molecule has 4 aromatic heterocycles. The predicted octanol–water partition coefficient (Wildman–Crippen LogP) is 1.12. The van der Waals surface area contributed by atoms with Gasteiger partial charge in [-0.25, -0.2) is 29.4 Å². The van der Waals surface area contributed by atoms with Crippen LogP contribution in [0.5, 0.6) is 0 Å². The highest BCUT2D eigenvalue weighted by Gasteiger charge is 2.21. The van der Waals surface area contributed by atoms with Crippen molar-refractivity contribution in [3.8, 4) is 5.82 Å². The van der Waals surface area contributed by atoms with Crippen molar-refractivity contribution < 1.29 is 14.3 Å². The number of imidazole rings is 1. The van der Waals surface area contributed by atoms with E-state index in [1.165, 1.54) is 25.8 Å². The fraction of sp³-hybridized carbons (Fsp3) is 0.118. The minimum Gasteiger partial charge on any atom is -0.449 e. The van der Waals surface area contributed by atoms with E-state index in [4.69, 9.17) is 4.74 Å². The first-order chi connectivity index (χ1) is 13.6. The maximum atomic E-state index is 12.3. The average Bonchev–Trinajstić information content (AvgIpc) is 3.40. The lowest BCUT2D eigenvalue weighted by Gasteiger charge is -2.13. The van der Waals surface area contributed by atoms with Crippen LogP contribution in [-0.2, 0) is 9.53 Å². The van der Waals surface area contributed by atoms with Gasteiger partial charge >= 0.3 is 5.97 Å². The first kappa shape index (κ1) is 17.3. The van der Waals surface area contributed by atoms with Crippen molar-refractivity contribution in [2.75, 3.05) is 5.32 Å². The van der Waals surface area contributed by atoms with Gasteiger partial charge in [0.25, 0.3) is 5.91 Å². The van der Waals surface area contributed by atoms with Crippen molar-refractivity contribution in [2.24, 2.45) is 0 Å². The number of nitrogens with one attached hydrogen (secondary N) is 2. The minimum atomic E-state index is -1.05. The summed E-state index contributed by atoms with van der Waals surface area (Å²) in [4.78, 5) is 43.6. The molecule has 0 radical (unpaired) electrons. The van der Waals surface area contributed by atoms with Gasteiger partial charge in [-0.1, -0.05) is 0 Å². The molecule has 2 N–H and O–H groups in total. The molecule has 0 spiro atoms. The Morgan fingerprint density at radius 1 is 1.21 bits per heavy atom. The molecule has 0 aliphatic rings. The third-order valence-corrected chi connectivity index (χ3v) is 3.84. The van der Waals surface area contributed by atoms with Gasteiger partial charge in [-0.05, 0) is 25.1 Å². The average molecular weight is 378 g/mol. The number of aromatic amines is 1. The van der Waals surface area contributed by atoms with Crippen LogP contribution in [0.15, 0.2) is 49.4 Å². The van der Waals surface area contributed by atoms with E-state index in [0.717, 1.165) is 0 Å². The van der Waals surface area contributed by atoms with Gasteiger partial charge in [0, 0.05) is 18.6 Å². The standard InChI is InChI=1S/C17H14N8O3/c1-10(16(26)24-15-13-14(20-8-19-13)21-9-22-15)28-17(27)11-3-4-12(18-7-11)25-6-2-5-23-25/h2-10H,1H3,(H2,19,20,21,22,24,26). The fourth-order valence-corrected chi connectivity index (χ4v) is 2.41. The van der Waals surface area contributed by atoms with Gasteiger partial charge in [-0.3, -0.25) is 4.79 Å². The monoisotopic (exact) mass is 378 g/mol. The van der Waals surface area contributed by atoms with Crippen molar-refractivity contribution in [1.82, 2.24) is 34.7 Å². The summed E-state index contributed by atoms with van der Waals surface area (Å²) in [6.45, 7) is 1.46. The third kappa shape index (κ3) is 3.40. The molecule has 1 unspecified atom stereocenters. The smallest absolute Gasteiger partial charge is 0.340 e. The second-order valence-electron chi connectivity index (χ2n) is 5.72. The first-order valence-electron chi connectivity index (χ1n) is 8.24. The number of carbonyl (C=O) groups excluding carboxylic acids is 2. The van der Waals surface area contributed by atoms with E-state index in [9.17, 15) is 9.59 Å².